The first-order valence-electron chi connectivity index (χ1n) is 6.40. The normalized spacial score (nSPS) is 11.6. The minimum absolute atomic E-state index is 0.130. The molecule has 114 valence electrons. The highest BCUT2D eigenvalue weighted by atomic mass is 16.6. The molecule has 0 atom stereocenters. The van der Waals surface area contributed by atoms with Gasteiger partial charge in [-0.15, -0.1) is 0 Å². The van der Waals surface area contributed by atoms with E-state index in [-0.39, 0.29) is 6.61 Å². The summed E-state index contributed by atoms with van der Waals surface area (Å²) in [7, 11) is 0. The van der Waals surface area contributed by atoms with E-state index in [4.69, 9.17) is 14.2 Å². The van der Waals surface area contributed by atoms with E-state index >= 15 is 0 Å². The summed E-state index contributed by atoms with van der Waals surface area (Å²) in [5, 5.41) is 0. The molecule has 0 saturated carbocycles. The summed E-state index contributed by atoms with van der Waals surface area (Å²) in [6.45, 7) is 14.4. The largest absolute Gasteiger partial charge is 0.459 e. The molecule has 0 unspecified atom stereocenters. The minimum Gasteiger partial charge on any atom is -0.459 e. The molecule has 0 heterocycles. The van der Waals surface area contributed by atoms with Crippen molar-refractivity contribution < 1.29 is 23.8 Å². The van der Waals surface area contributed by atoms with Gasteiger partial charge in [0, 0.05) is 18.6 Å². The predicted molar refractivity (Wildman–Crippen MR) is 76.2 cm³/mol. The zero-order valence-corrected chi connectivity index (χ0v) is 12.7. The topological polar surface area (TPSA) is 61.8 Å². The molecule has 0 amide bonds. The second kappa shape index (κ2) is 7.85. The van der Waals surface area contributed by atoms with Crippen LogP contribution in [0.15, 0.2) is 25.3 Å². The van der Waals surface area contributed by atoms with Gasteiger partial charge >= 0.3 is 11.9 Å². The van der Waals surface area contributed by atoms with Gasteiger partial charge in [-0.1, -0.05) is 13.2 Å². The zero-order chi connectivity index (χ0) is 15.8. The molecule has 5 nitrogen and oxygen atoms in total. The van der Waals surface area contributed by atoms with Crippen LogP contribution in [-0.4, -0.2) is 36.4 Å². The van der Waals surface area contributed by atoms with Gasteiger partial charge in [-0.3, -0.25) is 0 Å². The Kier molecular flexibility index (Phi) is 7.21. The van der Waals surface area contributed by atoms with Gasteiger partial charge in [0.2, 0.25) is 0 Å². The first-order valence-corrected chi connectivity index (χ1v) is 6.40. The molecular formula is C15H24O5. The monoisotopic (exact) mass is 284 g/mol. The highest BCUT2D eigenvalue weighted by Crippen LogP contribution is 2.18. The van der Waals surface area contributed by atoms with Crippen LogP contribution in [0.5, 0.6) is 0 Å². The van der Waals surface area contributed by atoms with Crippen molar-refractivity contribution in [2.75, 3.05) is 13.2 Å². The molecule has 5 heteroatoms. The molecule has 0 aliphatic heterocycles. The van der Waals surface area contributed by atoms with Crippen molar-refractivity contribution in [3.8, 4) is 0 Å². The Hall–Kier alpha value is -1.62. The summed E-state index contributed by atoms with van der Waals surface area (Å²) in [5.41, 5.74) is -1.25. The van der Waals surface area contributed by atoms with Gasteiger partial charge in [-0.25, -0.2) is 9.59 Å². The fraction of sp³-hybridized carbons (Fsp3) is 0.600. The number of carbonyl (C=O) groups excluding carboxylic acids is 2. The summed E-state index contributed by atoms with van der Waals surface area (Å²) in [6.07, 6.45) is 2.75. The van der Waals surface area contributed by atoms with Crippen LogP contribution in [-0.2, 0) is 23.8 Å². The molecule has 0 aliphatic rings. The Morgan fingerprint density at radius 2 is 1.55 bits per heavy atom. The van der Waals surface area contributed by atoms with Crippen LogP contribution in [0.4, 0.5) is 0 Å². The van der Waals surface area contributed by atoms with Crippen LogP contribution in [0.2, 0.25) is 0 Å². The van der Waals surface area contributed by atoms with Crippen molar-refractivity contribution >= 4 is 11.9 Å². The molecule has 0 bridgehead atoms. The maximum absolute atomic E-state index is 11.2. The molecule has 0 aromatic carbocycles. The summed E-state index contributed by atoms with van der Waals surface area (Å²) in [4.78, 5) is 22.1. The molecule has 0 aromatic heterocycles. The van der Waals surface area contributed by atoms with Gasteiger partial charge in [0.05, 0.1) is 12.2 Å². The number of hydrogen-bond acceptors (Lipinski definition) is 5. The zero-order valence-electron chi connectivity index (χ0n) is 12.7. The fourth-order valence-corrected chi connectivity index (χ4v) is 1.28. The Labute approximate surface area is 120 Å². The van der Waals surface area contributed by atoms with Crippen LogP contribution in [0.1, 0.15) is 34.1 Å². The lowest BCUT2D eigenvalue weighted by Crippen LogP contribution is -2.35. The lowest BCUT2D eigenvalue weighted by molar-refractivity contribution is -0.156. The number of rotatable bonds is 9. The van der Waals surface area contributed by atoms with E-state index < -0.39 is 23.1 Å². The van der Waals surface area contributed by atoms with Crippen LogP contribution in [0.25, 0.3) is 0 Å². The Balaban J connectivity index is 4.13. The van der Waals surface area contributed by atoms with Crippen LogP contribution in [0.3, 0.4) is 0 Å². The van der Waals surface area contributed by atoms with E-state index in [1.807, 2.05) is 13.8 Å². The second-order valence-electron chi connectivity index (χ2n) is 5.55. The summed E-state index contributed by atoms with van der Waals surface area (Å²) in [5.74, 6) is -0.948. The van der Waals surface area contributed by atoms with Crippen molar-refractivity contribution in [2.24, 2.45) is 0 Å². The lowest BCUT2D eigenvalue weighted by atomic mass is 10.1. The van der Waals surface area contributed by atoms with Gasteiger partial charge in [0.25, 0.3) is 0 Å². The fourth-order valence-electron chi connectivity index (χ4n) is 1.28. The third kappa shape index (κ3) is 8.48. The predicted octanol–water partition coefficient (Wildman–Crippen LogP) is 2.41. The molecule has 0 saturated heterocycles. The molecule has 0 fully saturated rings. The van der Waals surface area contributed by atoms with Gasteiger partial charge in [0.15, 0.2) is 0 Å². The Bertz CT molecular complexity index is 368. The first-order chi connectivity index (χ1) is 9.12. The Morgan fingerprint density at radius 1 is 1.00 bits per heavy atom. The third-order valence-corrected chi connectivity index (χ3v) is 2.47. The molecule has 20 heavy (non-hydrogen) atoms. The van der Waals surface area contributed by atoms with Crippen LogP contribution >= 0.6 is 0 Å². The lowest BCUT2D eigenvalue weighted by Gasteiger charge is -2.28. The number of esters is 2. The van der Waals surface area contributed by atoms with E-state index in [9.17, 15) is 9.59 Å². The van der Waals surface area contributed by atoms with Crippen LogP contribution in [0, 0.1) is 0 Å². The number of ether oxygens (including phenoxy) is 3. The van der Waals surface area contributed by atoms with Crippen molar-refractivity contribution in [3.05, 3.63) is 25.3 Å². The standard InChI is InChI=1S/C15H24O5/c1-7-12(16)18-11-15(5,6)19-10-9-14(3,4)20-13(17)8-2/h7-8H,1-2,9-11H2,3-6H3. The van der Waals surface area contributed by atoms with Crippen LogP contribution < -0.4 is 0 Å². The molecule has 0 radical (unpaired) electrons. The van der Waals surface area contributed by atoms with Crippen molar-refractivity contribution in [1.82, 2.24) is 0 Å². The quantitative estimate of drug-likeness (QED) is 0.480. The number of hydrogen-bond donors (Lipinski definition) is 0. The van der Waals surface area contributed by atoms with E-state index in [1.54, 1.807) is 13.8 Å². The highest BCUT2D eigenvalue weighted by Gasteiger charge is 2.25. The van der Waals surface area contributed by atoms with Crippen molar-refractivity contribution in [3.63, 3.8) is 0 Å². The van der Waals surface area contributed by atoms with Crippen molar-refractivity contribution in [2.45, 2.75) is 45.3 Å². The van der Waals surface area contributed by atoms with Gasteiger partial charge < -0.3 is 14.2 Å². The van der Waals surface area contributed by atoms with Gasteiger partial charge in [-0.2, -0.15) is 0 Å². The molecule has 0 rings (SSSR count). The summed E-state index contributed by atoms with van der Waals surface area (Å²) >= 11 is 0. The smallest absolute Gasteiger partial charge is 0.330 e. The van der Waals surface area contributed by atoms with E-state index in [1.165, 1.54) is 0 Å². The first kappa shape index (κ1) is 18.4. The van der Waals surface area contributed by atoms with Gasteiger partial charge in [-0.05, 0) is 27.7 Å². The maximum atomic E-state index is 11.2. The van der Waals surface area contributed by atoms with Gasteiger partial charge in [0.1, 0.15) is 12.2 Å². The highest BCUT2D eigenvalue weighted by molar-refractivity contribution is 5.81. The van der Waals surface area contributed by atoms with E-state index in [0.717, 1.165) is 12.2 Å². The SMILES string of the molecule is C=CC(=O)OCC(C)(C)OCCC(C)(C)OC(=O)C=C. The maximum Gasteiger partial charge on any atom is 0.330 e. The summed E-state index contributed by atoms with van der Waals surface area (Å²) in [6, 6.07) is 0. The van der Waals surface area contributed by atoms with E-state index in [0.29, 0.717) is 13.0 Å². The minimum atomic E-state index is -0.640. The molecular weight excluding hydrogens is 260 g/mol. The molecule has 0 aromatic rings. The van der Waals surface area contributed by atoms with Crippen molar-refractivity contribution in [1.29, 1.82) is 0 Å². The Morgan fingerprint density at radius 3 is 2.05 bits per heavy atom. The molecule has 0 aliphatic carbocycles. The third-order valence-electron chi connectivity index (χ3n) is 2.47. The molecule has 0 spiro atoms. The average molecular weight is 284 g/mol. The second-order valence-corrected chi connectivity index (χ2v) is 5.55. The number of carbonyl (C=O) groups is 2. The molecule has 0 N–H and O–H groups in total. The van der Waals surface area contributed by atoms with E-state index in [2.05, 4.69) is 13.2 Å². The summed E-state index contributed by atoms with van der Waals surface area (Å²) < 4.78 is 15.8. The average Bonchev–Trinajstić information content (AvgIpc) is 2.34.